The number of benzene rings is 2. The molecule has 0 bridgehead atoms. The molecule has 0 unspecified atom stereocenters. The minimum Gasteiger partial charge on any atom is -0.444 e. The molecule has 1 aliphatic heterocycles. The Labute approximate surface area is 137 Å². The first kappa shape index (κ1) is 15.8. The number of amides is 1. The number of fused-ring (bicyclic) bond motifs is 1. The van der Waals surface area contributed by atoms with Crippen LogP contribution in [0.1, 0.15) is 32.4 Å². The summed E-state index contributed by atoms with van der Waals surface area (Å²) in [5, 5.41) is 5.98. The summed E-state index contributed by atoms with van der Waals surface area (Å²) in [6, 6.07) is 14.8. The maximum absolute atomic E-state index is 12.3. The lowest BCUT2D eigenvalue weighted by Gasteiger charge is -2.35. The molecule has 2 aromatic rings. The van der Waals surface area contributed by atoms with Crippen LogP contribution in [0.4, 0.5) is 4.79 Å². The zero-order chi connectivity index (χ0) is 16.4. The number of piperazine rings is 1. The molecular weight excluding hydrogens is 288 g/mol. The Hall–Kier alpha value is -2.07. The molecule has 122 valence electrons. The average molecular weight is 312 g/mol. The SMILES string of the molecule is CC(C)(C)OC(=O)N1CCN[C@H](c2cccc3ccccc23)C1. The van der Waals surface area contributed by atoms with Crippen LogP contribution in [0.15, 0.2) is 42.5 Å². The Morgan fingerprint density at radius 3 is 2.70 bits per heavy atom. The van der Waals surface area contributed by atoms with E-state index in [1.165, 1.54) is 16.3 Å². The van der Waals surface area contributed by atoms with Crippen molar-refractivity contribution in [2.75, 3.05) is 19.6 Å². The number of nitrogens with one attached hydrogen (secondary N) is 1. The van der Waals surface area contributed by atoms with Gasteiger partial charge >= 0.3 is 6.09 Å². The Balaban J connectivity index is 1.82. The number of carbonyl (C=O) groups is 1. The van der Waals surface area contributed by atoms with Crippen LogP contribution in [0.5, 0.6) is 0 Å². The lowest BCUT2D eigenvalue weighted by Crippen LogP contribution is -2.49. The second kappa shape index (κ2) is 6.20. The number of rotatable bonds is 1. The van der Waals surface area contributed by atoms with Crippen LogP contribution < -0.4 is 5.32 Å². The first-order chi connectivity index (χ1) is 10.9. The monoisotopic (exact) mass is 312 g/mol. The Kier molecular flexibility index (Phi) is 4.26. The summed E-state index contributed by atoms with van der Waals surface area (Å²) in [4.78, 5) is 14.1. The topological polar surface area (TPSA) is 41.6 Å². The number of carbonyl (C=O) groups excluding carboxylic acids is 1. The van der Waals surface area contributed by atoms with Crippen molar-refractivity contribution >= 4 is 16.9 Å². The highest BCUT2D eigenvalue weighted by molar-refractivity contribution is 5.86. The normalized spacial score (nSPS) is 18.9. The molecule has 4 nitrogen and oxygen atoms in total. The second-order valence-corrected chi connectivity index (χ2v) is 7.00. The van der Waals surface area contributed by atoms with Gasteiger partial charge in [-0.2, -0.15) is 0 Å². The predicted octanol–water partition coefficient (Wildman–Crippen LogP) is 3.72. The highest BCUT2D eigenvalue weighted by atomic mass is 16.6. The zero-order valence-electron chi connectivity index (χ0n) is 14.0. The van der Waals surface area contributed by atoms with E-state index in [0.717, 1.165) is 6.54 Å². The summed E-state index contributed by atoms with van der Waals surface area (Å²) in [5.41, 5.74) is 0.771. The molecule has 1 atom stereocenters. The highest BCUT2D eigenvalue weighted by Crippen LogP contribution is 2.26. The van der Waals surface area contributed by atoms with E-state index < -0.39 is 5.60 Å². The van der Waals surface area contributed by atoms with Crippen molar-refractivity contribution in [3.8, 4) is 0 Å². The predicted molar refractivity (Wildman–Crippen MR) is 92.5 cm³/mol. The van der Waals surface area contributed by atoms with Crippen LogP contribution in [-0.4, -0.2) is 36.2 Å². The number of ether oxygens (including phenoxy) is 1. The third-order valence-electron chi connectivity index (χ3n) is 4.03. The fraction of sp³-hybridized carbons (Fsp3) is 0.421. The smallest absolute Gasteiger partial charge is 0.410 e. The van der Waals surface area contributed by atoms with Crippen molar-refractivity contribution in [3.05, 3.63) is 48.0 Å². The van der Waals surface area contributed by atoms with Crippen LogP contribution in [0.2, 0.25) is 0 Å². The van der Waals surface area contributed by atoms with Crippen LogP contribution in [0.3, 0.4) is 0 Å². The third-order valence-corrected chi connectivity index (χ3v) is 4.03. The van der Waals surface area contributed by atoms with Gasteiger partial charge in [0, 0.05) is 19.6 Å². The van der Waals surface area contributed by atoms with E-state index in [1.54, 1.807) is 4.90 Å². The van der Waals surface area contributed by atoms with Crippen LogP contribution in [0, 0.1) is 0 Å². The quantitative estimate of drug-likeness (QED) is 0.872. The molecule has 0 radical (unpaired) electrons. The molecular formula is C19H24N2O2. The lowest BCUT2D eigenvalue weighted by molar-refractivity contribution is 0.0195. The number of hydrogen-bond acceptors (Lipinski definition) is 3. The van der Waals surface area contributed by atoms with Crippen molar-refractivity contribution < 1.29 is 9.53 Å². The number of hydrogen-bond donors (Lipinski definition) is 1. The van der Waals surface area contributed by atoms with Gasteiger partial charge in [0.2, 0.25) is 0 Å². The highest BCUT2D eigenvalue weighted by Gasteiger charge is 2.28. The summed E-state index contributed by atoms with van der Waals surface area (Å²) in [5.74, 6) is 0. The van der Waals surface area contributed by atoms with Gasteiger partial charge in [-0.25, -0.2) is 4.79 Å². The summed E-state index contributed by atoms with van der Waals surface area (Å²) < 4.78 is 5.51. The van der Waals surface area contributed by atoms with E-state index in [-0.39, 0.29) is 12.1 Å². The number of nitrogens with zero attached hydrogens (tertiary/aromatic N) is 1. The molecule has 2 aromatic carbocycles. The average Bonchev–Trinajstić information content (AvgIpc) is 2.53. The molecule has 1 heterocycles. The van der Waals surface area contributed by atoms with Gasteiger partial charge in [0.05, 0.1) is 6.04 Å². The molecule has 1 amide bonds. The molecule has 0 saturated carbocycles. The largest absolute Gasteiger partial charge is 0.444 e. The van der Waals surface area contributed by atoms with E-state index in [4.69, 9.17) is 4.74 Å². The van der Waals surface area contributed by atoms with E-state index in [0.29, 0.717) is 13.1 Å². The maximum atomic E-state index is 12.3. The first-order valence-corrected chi connectivity index (χ1v) is 8.13. The van der Waals surface area contributed by atoms with E-state index >= 15 is 0 Å². The zero-order valence-corrected chi connectivity index (χ0v) is 14.0. The molecule has 23 heavy (non-hydrogen) atoms. The molecule has 1 aliphatic rings. The molecule has 1 fully saturated rings. The first-order valence-electron chi connectivity index (χ1n) is 8.13. The molecule has 1 saturated heterocycles. The van der Waals surface area contributed by atoms with Gasteiger partial charge < -0.3 is 15.0 Å². The molecule has 4 heteroatoms. The van der Waals surface area contributed by atoms with Gasteiger partial charge in [0.25, 0.3) is 0 Å². The molecule has 3 rings (SSSR count). The van der Waals surface area contributed by atoms with Crippen molar-refractivity contribution in [1.29, 1.82) is 0 Å². The molecule has 0 aliphatic carbocycles. The lowest BCUT2D eigenvalue weighted by atomic mass is 9.97. The Morgan fingerprint density at radius 2 is 1.91 bits per heavy atom. The van der Waals surface area contributed by atoms with Crippen molar-refractivity contribution in [1.82, 2.24) is 10.2 Å². The van der Waals surface area contributed by atoms with E-state index in [1.807, 2.05) is 26.8 Å². The molecule has 0 aromatic heterocycles. The standard InChI is InChI=1S/C19H24N2O2/c1-19(2,3)23-18(22)21-12-11-20-17(13-21)16-10-6-8-14-7-4-5-9-15(14)16/h4-10,17,20H,11-13H2,1-3H3/t17-/m0/s1. The van der Waals surface area contributed by atoms with Gasteiger partial charge in [-0.3, -0.25) is 0 Å². The Bertz CT molecular complexity index is 701. The third kappa shape index (κ3) is 3.64. The maximum Gasteiger partial charge on any atom is 0.410 e. The molecule has 1 N–H and O–H groups in total. The van der Waals surface area contributed by atoms with Gasteiger partial charge in [0.1, 0.15) is 5.60 Å². The van der Waals surface area contributed by atoms with Crippen LogP contribution in [-0.2, 0) is 4.74 Å². The summed E-state index contributed by atoms with van der Waals surface area (Å²) in [6.45, 7) is 7.77. The minimum absolute atomic E-state index is 0.127. The van der Waals surface area contributed by atoms with Gasteiger partial charge in [-0.15, -0.1) is 0 Å². The van der Waals surface area contributed by atoms with E-state index in [9.17, 15) is 4.79 Å². The van der Waals surface area contributed by atoms with Crippen LogP contribution in [0.25, 0.3) is 10.8 Å². The van der Waals surface area contributed by atoms with Gasteiger partial charge in [0.15, 0.2) is 0 Å². The fourth-order valence-electron chi connectivity index (χ4n) is 3.00. The van der Waals surface area contributed by atoms with E-state index in [2.05, 4.69) is 41.7 Å². The Morgan fingerprint density at radius 1 is 1.17 bits per heavy atom. The molecule has 0 spiro atoms. The summed E-state index contributed by atoms with van der Waals surface area (Å²) >= 11 is 0. The van der Waals surface area contributed by atoms with Crippen molar-refractivity contribution in [2.45, 2.75) is 32.4 Å². The van der Waals surface area contributed by atoms with Gasteiger partial charge in [-0.05, 0) is 37.1 Å². The fourth-order valence-corrected chi connectivity index (χ4v) is 3.00. The van der Waals surface area contributed by atoms with Crippen molar-refractivity contribution in [2.24, 2.45) is 0 Å². The minimum atomic E-state index is -0.461. The summed E-state index contributed by atoms with van der Waals surface area (Å²) in [7, 11) is 0. The second-order valence-electron chi connectivity index (χ2n) is 7.00. The van der Waals surface area contributed by atoms with Crippen LogP contribution >= 0.6 is 0 Å². The van der Waals surface area contributed by atoms with Crippen molar-refractivity contribution in [3.63, 3.8) is 0 Å². The van der Waals surface area contributed by atoms with Gasteiger partial charge in [-0.1, -0.05) is 42.5 Å². The summed E-state index contributed by atoms with van der Waals surface area (Å²) in [6.07, 6.45) is -0.232.